The minimum atomic E-state index is -2.46. The van der Waals surface area contributed by atoms with Gasteiger partial charge in [-0.3, -0.25) is 14.6 Å². The highest BCUT2D eigenvalue weighted by Crippen LogP contribution is 2.49. The third kappa shape index (κ3) is 3.85. The van der Waals surface area contributed by atoms with Crippen LogP contribution in [0.3, 0.4) is 0 Å². The van der Waals surface area contributed by atoms with Gasteiger partial charge in [0.1, 0.15) is 23.1 Å². The van der Waals surface area contributed by atoms with Crippen LogP contribution in [0, 0.1) is 0 Å². The van der Waals surface area contributed by atoms with E-state index in [1.54, 1.807) is 37.1 Å². The van der Waals surface area contributed by atoms with Gasteiger partial charge in [0.15, 0.2) is 0 Å². The summed E-state index contributed by atoms with van der Waals surface area (Å²) in [7, 11) is 1.59. The Morgan fingerprint density at radius 3 is 2.78 bits per heavy atom. The summed E-state index contributed by atoms with van der Waals surface area (Å²) in [5, 5.41) is 13.8. The molecule has 0 aliphatic carbocycles. The Labute approximate surface area is 206 Å². The van der Waals surface area contributed by atoms with Gasteiger partial charge in [-0.1, -0.05) is 12.1 Å². The predicted molar refractivity (Wildman–Crippen MR) is 129 cm³/mol. The number of carbonyl (C=O) groups is 2. The second kappa shape index (κ2) is 9.09. The Morgan fingerprint density at radius 2 is 2.06 bits per heavy atom. The van der Waals surface area contributed by atoms with Crippen molar-refractivity contribution in [3.63, 3.8) is 0 Å². The van der Waals surface area contributed by atoms with Gasteiger partial charge in [-0.2, -0.15) is 0 Å². The molecule has 8 nitrogen and oxygen atoms in total. The van der Waals surface area contributed by atoms with Crippen molar-refractivity contribution in [2.75, 3.05) is 26.7 Å². The number of halogens is 2. The van der Waals surface area contributed by atoms with Crippen LogP contribution in [0.15, 0.2) is 42.5 Å². The number of hydrogen-bond donors (Lipinski definition) is 3. The van der Waals surface area contributed by atoms with Gasteiger partial charge in [0.25, 0.3) is 12.3 Å². The van der Waals surface area contributed by atoms with E-state index in [4.69, 9.17) is 4.74 Å². The third-order valence-corrected chi connectivity index (χ3v) is 7.09. The van der Waals surface area contributed by atoms with E-state index in [0.29, 0.717) is 24.2 Å². The summed E-state index contributed by atoms with van der Waals surface area (Å²) in [6.07, 6.45) is -1.80. The van der Waals surface area contributed by atoms with Crippen molar-refractivity contribution in [3.05, 3.63) is 59.3 Å². The highest BCUT2D eigenvalue weighted by molar-refractivity contribution is 6.08. The molecule has 3 amide bonds. The summed E-state index contributed by atoms with van der Waals surface area (Å²) in [6, 6.07) is 11.3. The highest BCUT2D eigenvalue weighted by Gasteiger charge is 2.60. The van der Waals surface area contributed by atoms with Gasteiger partial charge >= 0.3 is 6.03 Å². The second-order valence-electron chi connectivity index (χ2n) is 9.44. The molecule has 10 heteroatoms. The monoisotopic (exact) mass is 498 g/mol. The van der Waals surface area contributed by atoms with Crippen LogP contribution in [0.25, 0.3) is 10.9 Å². The van der Waals surface area contributed by atoms with Crippen molar-refractivity contribution in [2.45, 2.75) is 37.8 Å². The first kappa shape index (κ1) is 24.1. The van der Waals surface area contributed by atoms with Crippen LogP contribution in [-0.2, 0) is 11.2 Å². The molecule has 1 fully saturated rings. The number of nitrogens with zero attached hydrogens (tertiary/aromatic N) is 2. The number of phenolic OH excluding ortho intramolecular Hbond substituents is 1. The number of imide groups is 1. The van der Waals surface area contributed by atoms with Crippen LogP contribution in [-0.4, -0.2) is 70.5 Å². The number of benzene rings is 2. The van der Waals surface area contributed by atoms with Crippen molar-refractivity contribution in [2.24, 2.45) is 0 Å². The molecule has 2 aliphatic rings. The molecular weight excluding hydrogens is 470 g/mol. The largest absolute Gasteiger partial charge is 0.508 e. The summed E-state index contributed by atoms with van der Waals surface area (Å²) < 4.78 is 30.2. The molecule has 0 spiro atoms. The van der Waals surface area contributed by atoms with Crippen molar-refractivity contribution < 1.29 is 28.2 Å². The average molecular weight is 499 g/mol. The lowest BCUT2D eigenvalue weighted by atomic mass is 9.81. The van der Waals surface area contributed by atoms with Gasteiger partial charge in [-0.05, 0) is 61.3 Å². The molecule has 2 aliphatic heterocycles. The number of methoxy groups -OCH3 is 1. The Morgan fingerprint density at radius 1 is 1.25 bits per heavy atom. The van der Waals surface area contributed by atoms with Gasteiger partial charge in [0.2, 0.25) is 0 Å². The van der Waals surface area contributed by atoms with Crippen LogP contribution >= 0.6 is 0 Å². The molecule has 0 bridgehead atoms. The van der Waals surface area contributed by atoms with Crippen molar-refractivity contribution in [1.29, 1.82) is 0 Å². The molecule has 3 N–H and O–H groups in total. The third-order valence-electron chi connectivity index (χ3n) is 7.09. The van der Waals surface area contributed by atoms with Gasteiger partial charge in [0, 0.05) is 29.6 Å². The lowest BCUT2D eigenvalue weighted by molar-refractivity contribution is -0.133. The topological polar surface area (TPSA) is 97.9 Å². The van der Waals surface area contributed by atoms with Gasteiger partial charge in [-0.15, -0.1) is 0 Å². The van der Waals surface area contributed by atoms with E-state index in [1.807, 2.05) is 24.3 Å². The number of rotatable bonds is 8. The first-order chi connectivity index (χ1) is 17.2. The van der Waals surface area contributed by atoms with Crippen LogP contribution in [0.2, 0.25) is 0 Å². The minimum Gasteiger partial charge on any atom is -0.508 e. The quantitative estimate of drug-likeness (QED) is 0.324. The summed E-state index contributed by atoms with van der Waals surface area (Å²) in [5.74, 6) is 0.408. The molecule has 3 heterocycles. The molecule has 5 rings (SSSR count). The Bertz CT molecular complexity index is 1330. The Balaban J connectivity index is 1.56. The van der Waals surface area contributed by atoms with Crippen LogP contribution in [0.4, 0.5) is 13.6 Å². The fourth-order valence-electron chi connectivity index (χ4n) is 5.43. The minimum absolute atomic E-state index is 0.0547. The maximum absolute atomic E-state index is 13.7. The number of alkyl halides is 2. The Hall–Kier alpha value is -3.66. The standard InChI is InChI=1S/C26H28F2N4O4/c1-26-13-19-18-12-17(36-2)7-8-20(18)30-22(19)23(15-5-3-6-16(33)11-15)32(26)25(35)31(24(26)34)10-4-9-29-14-21(27)28/h3,5-8,11-12,21,23,29-30,33H,4,9-10,13-14H2,1-2H3. The number of hydrogen-bond acceptors (Lipinski definition) is 5. The molecular formula is C26H28F2N4O4. The number of fused-ring (bicyclic) bond motifs is 4. The summed E-state index contributed by atoms with van der Waals surface area (Å²) in [5.41, 5.74) is 2.06. The summed E-state index contributed by atoms with van der Waals surface area (Å²) in [6.45, 7) is 1.71. The van der Waals surface area contributed by atoms with Crippen LogP contribution < -0.4 is 10.1 Å². The lowest BCUT2D eigenvalue weighted by Crippen LogP contribution is -2.53. The van der Waals surface area contributed by atoms with E-state index in [0.717, 1.165) is 22.2 Å². The number of amides is 3. The zero-order chi connectivity index (χ0) is 25.6. The molecule has 36 heavy (non-hydrogen) atoms. The molecule has 2 aromatic carbocycles. The zero-order valence-electron chi connectivity index (χ0n) is 20.1. The summed E-state index contributed by atoms with van der Waals surface area (Å²) >= 11 is 0. The number of phenols is 1. The zero-order valence-corrected chi connectivity index (χ0v) is 20.1. The maximum atomic E-state index is 13.7. The van der Waals surface area contributed by atoms with E-state index in [9.17, 15) is 23.5 Å². The molecule has 0 saturated carbocycles. The maximum Gasteiger partial charge on any atom is 0.328 e. The van der Waals surface area contributed by atoms with E-state index < -0.39 is 30.6 Å². The molecule has 1 saturated heterocycles. The lowest BCUT2D eigenvalue weighted by Gasteiger charge is -2.42. The number of aromatic nitrogens is 1. The van der Waals surface area contributed by atoms with Crippen LogP contribution in [0.5, 0.6) is 11.5 Å². The number of H-pyrrole nitrogens is 1. The van der Waals surface area contributed by atoms with Gasteiger partial charge < -0.3 is 20.1 Å². The smallest absolute Gasteiger partial charge is 0.328 e. The fourth-order valence-corrected chi connectivity index (χ4v) is 5.43. The number of aromatic amines is 1. The molecule has 1 aromatic heterocycles. The average Bonchev–Trinajstić information content (AvgIpc) is 3.29. The molecule has 2 unspecified atom stereocenters. The number of aromatic hydroxyl groups is 1. The Kier molecular flexibility index (Phi) is 6.07. The molecule has 3 aromatic rings. The fraction of sp³-hybridized carbons (Fsp3) is 0.385. The molecule has 190 valence electrons. The van der Waals surface area contributed by atoms with E-state index in [2.05, 4.69) is 10.3 Å². The molecule has 2 atom stereocenters. The van der Waals surface area contributed by atoms with E-state index in [1.165, 1.54) is 4.90 Å². The van der Waals surface area contributed by atoms with Gasteiger partial charge in [0.05, 0.1) is 13.7 Å². The predicted octanol–water partition coefficient (Wildman–Crippen LogP) is 3.80. The number of ether oxygens (including phenoxy) is 1. The SMILES string of the molecule is COc1ccc2[nH]c3c(c2c1)CC1(C)C(=O)N(CCCNCC(F)F)C(=O)N1C3c1cccc(O)c1. The van der Waals surface area contributed by atoms with E-state index in [-0.39, 0.29) is 24.7 Å². The first-order valence-corrected chi connectivity index (χ1v) is 11.9. The van der Waals surface area contributed by atoms with Gasteiger partial charge in [-0.25, -0.2) is 13.6 Å². The van der Waals surface area contributed by atoms with Crippen molar-refractivity contribution in [1.82, 2.24) is 20.1 Å². The van der Waals surface area contributed by atoms with Crippen molar-refractivity contribution in [3.8, 4) is 11.5 Å². The van der Waals surface area contributed by atoms with E-state index >= 15 is 0 Å². The van der Waals surface area contributed by atoms with Crippen LogP contribution in [0.1, 0.15) is 36.2 Å². The second-order valence-corrected chi connectivity index (χ2v) is 9.44. The highest BCUT2D eigenvalue weighted by atomic mass is 19.3. The first-order valence-electron chi connectivity index (χ1n) is 11.9. The number of urea groups is 1. The number of carbonyl (C=O) groups excluding carboxylic acids is 2. The normalized spacial score (nSPS) is 21.4. The summed E-state index contributed by atoms with van der Waals surface area (Å²) in [4.78, 5) is 33.7. The number of nitrogens with one attached hydrogen (secondary N) is 2. The van der Waals surface area contributed by atoms with Crippen molar-refractivity contribution >= 4 is 22.8 Å². The molecule has 0 radical (unpaired) electrons.